The van der Waals surface area contributed by atoms with Crippen LogP contribution in [0.4, 0.5) is 5.69 Å². The van der Waals surface area contributed by atoms with Crippen LogP contribution in [0.25, 0.3) is 0 Å². The molecule has 2 fully saturated rings. The molecule has 24 heavy (non-hydrogen) atoms. The van der Waals surface area contributed by atoms with Gasteiger partial charge in [-0.2, -0.15) is 0 Å². The quantitative estimate of drug-likeness (QED) is 0.614. The summed E-state index contributed by atoms with van der Waals surface area (Å²) in [6.45, 7) is 5.58. The van der Waals surface area contributed by atoms with Crippen molar-refractivity contribution < 1.29 is 28.6 Å². The minimum absolute atomic E-state index is 0.00193. The van der Waals surface area contributed by atoms with Crippen molar-refractivity contribution in [3.8, 4) is 5.75 Å². The molecule has 0 unspecified atom stereocenters. The summed E-state index contributed by atoms with van der Waals surface area (Å²) >= 11 is 0. The molecule has 0 aromatic heterocycles. The summed E-state index contributed by atoms with van der Waals surface area (Å²) in [6.07, 6.45) is -2.00. The van der Waals surface area contributed by atoms with Gasteiger partial charge < -0.3 is 23.7 Å². The lowest BCUT2D eigenvalue weighted by atomic mass is 10.00. The average Bonchev–Trinajstić information content (AvgIpc) is 2.84. The number of non-ortho nitro benzene ring substituents is 1. The first-order chi connectivity index (χ1) is 11.3. The van der Waals surface area contributed by atoms with Crippen LogP contribution in [-0.4, -0.2) is 48.5 Å². The zero-order valence-corrected chi connectivity index (χ0v) is 14.0. The molecule has 2 aliphatic heterocycles. The molecule has 8 heteroatoms. The van der Waals surface area contributed by atoms with Gasteiger partial charge in [0.25, 0.3) is 5.69 Å². The van der Waals surface area contributed by atoms with Crippen molar-refractivity contribution in [2.75, 3.05) is 7.11 Å². The van der Waals surface area contributed by atoms with Crippen LogP contribution in [0.5, 0.6) is 5.75 Å². The number of fused-ring (bicyclic) bond motifs is 1. The zero-order chi connectivity index (χ0) is 17.5. The molecule has 0 spiro atoms. The Morgan fingerprint density at radius 2 is 1.79 bits per heavy atom. The Balaban J connectivity index is 1.76. The number of methoxy groups -OCH3 is 1. The van der Waals surface area contributed by atoms with Crippen LogP contribution in [0.1, 0.15) is 20.8 Å². The molecular formula is C16H21NO7. The van der Waals surface area contributed by atoms with E-state index in [1.54, 1.807) is 7.11 Å². The fourth-order valence-electron chi connectivity index (χ4n) is 3.08. The maximum atomic E-state index is 10.7. The van der Waals surface area contributed by atoms with Crippen molar-refractivity contribution in [2.45, 2.75) is 57.3 Å². The van der Waals surface area contributed by atoms with E-state index in [1.807, 2.05) is 20.8 Å². The van der Waals surface area contributed by atoms with E-state index in [-0.39, 0.29) is 24.0 Å². The van der Waals surface area contributed by atoms with Crippen molar-refractivity contribution in [3.05, 3.63) is 34.4 Å². The molecule has 1 aromatic rings. The molecule has 1 aromatic carbocycles. The van der Waals surface area contributed by atoms with E-state index in [2.05, 4.69) is 0 Å². The Bertz CT molecular complexity index is 603. The van der Waals surface area contributed by atoms with E-state index in [1.165, 1.54) is 24.3 Å². The Hall–Kier alpha value is -1.74. The molecule has 5 atom stereocenters. The van der Waals surface area contributed by atoms with Gasteiger partial charge >= 0.3 is 0 Å². The summed E-state index contributed by atoms with van der Waals surface area (Å²) in [5.74, 6) is -0.261. The first-order valence-electron chi connectivity index (χ1n) is 7.76. The smallest absolute Gasteiger partial charge is 0.269 e. The molecule has 2 aliphatic rings. The number of benzene rings is 1. The maximum absolute atomic E-state index is 10.7. The molecule has 0 amide bonds. The summed E-state index contributed by atoms with van der Waals surface area (Å²) in [4.78, 5) is 10.3. The van der Waals surface area contributed by atoms with Gasteiger partial charge in [-0.1, -0.05) is 0 Å². The Labute approximate surface area is 139 Å². The van der Waals surface area contributed by atoms with Crippen molar-refractivity contribution in [1.29, 1.82) is 0 Å². The number of nitrogens with zero attached hydrogens (tertiary/aromatic N) is 1. The van der Waals surface area contributed by atoms with E-state index in [0.717, 1.165) is 0 Å². The molecule has 2 saturated heterocycles. The van der Waals surface area contributed by atoms with Crippen LogP contribution in [-0.2, 0) is 18.9 Å². The fraction of sp³-hybridized carbons (Fsp3) is 0.625. The molecule has 2 heterocycles. The largest absolute Gasteiger partial charge is 0.462 e. The molecule has 0 bridgehead atoms. The second-order valence-electron chi connectivity index (χ2n) is 6.34. The van der Waals surface area contributed by atoms with Gasteiger partial charge in [-0.25, -0.2) is 0 Å². The van der Waals surface area contributed by atoms with Crippen LogP contribution in [0, 0.1) is 10.1 Å². The summed E-state index contributed by atoms with van der Waals surface area (Å²) < 4.78 is 29.1. The molecule has 0 aliphatic carbocycles. The molecular weight excluding hydrogens is 318 g/mol. The highest BCUT2D eigenvalue weighted by Gasteiger charge is 2.55. The van der Waals surface area contributed by atoms with Gasteiger partial charge in [-0.05, 0) is 32.9 Å². The van der Waals surface area contributed by atoms with E-state index in [0.29, 0.717) is 5.75 Å². The van der Waals surface area contributed by atoms with Crippen LogP contribution in [0.2, 0.25) is 0 Å². The number of nitro groups is 1. The van der Waals surface area contributed by atoms with E-state index < -0.39 is 23.1 Å². The molecule has 0 saturated carbocycles. The van der Waals surface area contributed by atoms with Gasteiger partial charge in [-0.3, -0.25) is 10.1 Å². The van der Waals surface area contributed by atoms with Gasteiger partial charge in [0.2, 0.25) is 6.29 Å². The maximum Gasteiger partial charge on any atom is 0.269 e. The number of hydrogen-bond acceptors (Lipinski definition) is 7. The van der Waals surface area contributed by atoms with Crippen molar-refractivity contribution in [1.82, 2.24) is 0 Å². The lowest BCUT2D eigenvalue weighted by Gasteiger charge is -2.40. The highest BCUT2D eigenvalue weighted by Crippen LogP contribution is 2.38. The van der Waals surface area contributed by atoms with Crippen LogP contribution < -0.4 is 4.74 Å². The van der Waals surface area contributed by atoms with Gasteiger partial charge in [-0.15, -0.1) is 0 Å². The van der Waals surface area contributed by atoms with Gasteiger partial charge in [0.05, 0.1) is 11.0 Å². The zero-order valence-electron chi connectivity index (χ0n) is 14.0. The van der Waals surface area contributed by atoms with E-state index in [9.17, 15) is 10.1 Å². The Morgan fingerprint density at radius 3 is 2.38 bits per heavy atom. The minimum atomic E-state index is -0.716. The topological polar surface area (TPSA) is 89.3 Å². The highest BCUT2D eigenvalue weighted by atomic mass is 16.8. The second-order valence-corrected chi connectivity index (χ2v) is 6.34. The van der Waals surface area contributed by atoms with Crippen LogP contribution in [0.15, 0.2) is 24.3 Å². The SMILES string of the molecule is CO[C@@H]1[C@@H](Oc2ccc([N+](=O)[O-])cc2)O[C@@H](C)[C@H]2OC(C)(C)O[C@@H]12. The molecule has 3 rings (SSSR count). The first-order valence-corrected chi connectivity index (χ1v) is 7.76. The highest BCUT2D eigenvalue weighted by molar-refractivity contribution is 5.36. The van der Waals surface area contributed by atoms with Gasteiger partial charge in [0.1, 0.15) is 24.1 Å². The third-order valence-corrected chi connectivity index (χ3v) is 4.14. The monoisotopic (exact) mass is 339 g/mol. The van der Waals surface area contributed by atoms with E-state index >= 15 is 0 Å². The average molecular weight is 339 g/mol. The van der Waals surface area contributed by atoms with Crippen LogP contribution >= 0.6 is 0 Å². The third-order valence-electron chi connectivity index (χ3n) is 4.14. The minimum Gasteiger partial charge on any atom is -0.462 e. The molecule has 0 N–H and O–H groups in total. The molecule has 8 nitrogen and oxygen atoms in total. The van der Waals surface area contributed by atoms with Gasteiger partial charge in [0.15, 0.2) is 5.79 Å². The van der Waals surface area contributed by atoms with Crippen LogP contribution in [0.3, 0.4) is 0 Å². The standard InChI is InChI=1S/C16H21NO7/c1-9-12-13(24-16(2,3)23-12)14(20-4)15(21-9)22-11-7-5-10(6-8-11)17(18)19/h5-9,12-15H,1-4H3/t9-,12+,13+,14-,15+/m0/s1. The second kappa shape index (κ2) is 6.29. The summed E-state index contributed by atoms with van der Waals surface area (Å²) in [5, 5.41) is 10.7. The molecule has 132 valence electrons. The summed E-state index contributed by atoms with van der Waals surface area (Å²) in [6, 6.07) is 5.82. The number of rotatable bonds is 4. The first kappa shape index (κ1) is 17.1. The third kappa shape index (κ3) is 3.23. The number of nitro benzene ring substituents is 1. The fourth-order valence-corrected chi connectivity index (χ4v) is 3.08. The van der Waals surface area contributed by atoms with Crippen molar-refractivity contribution in [3.63, 3.8) is 0 Å². The lowest BCUT2D eigenvalue weighted by Crippen LogP contribution is -2.57. The van der Waals surface area contributed by atoms with Crippen molar-refractivity contribution in [2.24, 2.45) is 0 Å². The molecule has 0 radical (unpaired) electrons. The van der Waals surface area contributed by atoms with E-state index in [4.69, 9.17) is 23.7 Å². The predicted octanol–water partition coefficient (Wildman–Crippen LogP) is 2.25. The number of hydrogen-bond donors (Lipinski definition) is 0. The summed E-state index contributed by atoms with van der Waals surface area (Å²) in [5.41, 5.74) is -0.00193. The van der Waals surface area contributed by atoms with Gasteiger partial charge in [0, 0.05) is 19.2 Å². The lowest BCUT2D eigenvalue weighted by molar-refractivity contribution is -0.384. The predicted molar refractivity (Wildman–Crippen MR) is 82.7 cm³/mol. The Morgan fingerprint density at radius 1 is 1.17 bits per heavy atom. The summed E-state index contributed by atoms with van der Waals surface area (Å²) in [7, 11) is 1.56. The normalized spacial score (nSPS) is 34.6. The number of ether oxygens (including phenoxy) is 5. The Kier molecular flexibility index (Phi) is 4.48. The van der Waals surface area contributed by atoms with Crippen molar-refractivity contribution >= 4 is 5.69 Å².